The molecule has 0 aliphatic carbocycles. The number of nitriles is 1. The second-order valence-corrected chi connectivity index (χ2v) is 7.34. The minimum absolute atomic E-state index is 0.0685. The molecule has 0 aliphatic rings. The lowest BCUT2D eigenvalue weighted by atomic mass is 10.2. The molecular formula is C14H12BrN3O2S. The molecule has 0 fully saturated rings. The van der Waals surface area contributed by atoms with E-state index in [9.17, 15) is 8.42 Å². The van der Waals surface area contributed by atoms with Gasteiger partial charge in [0.05, 0.1) is 0 Å². The van der Waals surface area contributed by atoms with Gasteiger partial charge in [-0.25, -0.2) is 13.4 Å². The number of aromatic nitrogens is 1. The summed E-state index contributed by atoms with van der Waals surface area (Å²) in [5.41, 5.74) is 1.06. The second kappa shape index (κ2) is 6.35. The van der Waals surface area contributed by atoms with Crippen molar-refractivity contribution < 1.29 is 8.42 Å². The largest absolute Gasteiger partial charge is 0.244 e. The molecule has 21 heavy (non-hydrogen) atoms. The van der Waals surface area contributed by atoms with Crippen LogP contribution in [0.2, 0.25) is 0 Å². The number of rotatable bonds is 4. The average Bonchev–Trinajstić information content (AvgIpc) is 2.47. The van der Waals surface area contributed by atoms with Crippen molar-refractivity contribution >= 4 is 26.0 Å². The molecule has 0 amide bonds. The lowest BCUT2D eigenvalue weighted by Gasteiger charge is -2.17. The van der Waals surface area contributed by atoms with Crippen molar-refractivity contribution in [1.29, 1.82) is 5.26 Å². The number of nitrogens with zero attached hydrogens (tertiary/aromatic N) is 3. The fourth-order valence-electron chi connectivity index (χ4n) is 1.76. The average molecular weight is 366 g/mol. The van der Waals surface area contributed by atoms with Crippen molar-refractivity contribution in [3.63, 3.8) is 0 Å². The minimum Gasteiger partial charge on any atom is -0.244 e. The van der Waals surface area contributed by atoms with Crippen molar-refractivity contribution in [3.8, 4) is 6.07 Å². The standard InChI is InChI=1S/C14H12BrN3O2S/c1-18(10-11-3-2-4-12(15)7-11)21(19,20)14-6-5-13(8-16)17-9-14/h2-7,9H,10H2,1H3. The Morgan fingerprint density at radius 1 is 1.33 bits per heavy atom. The molecule has 1 aromatic carbocycles. The van der Waals surface area contributed by atoms with Gasteiger partial charge in [-0.15, -0.1) is 0 Å². The van der Waals surface area contributed by atoms with Crippen LogP contribution in [-0.2, 0) is 16.6 Å². The third-order valence-electron chi connectivity index (χ3n) is 2.85. The molecule has 5 nitrogen and oxygen atoms in total. The number of sulfonamides is 1. The van der Waals surface area contributed by atoms with Crippen molar-refractivity contribution in [2.24, 2.45) is 0 Å². The summed E-state index contributed by atoms with van der Waals surface area (Å²) in [5.74, 6) is 0. The highest BCUT2D eigenvalue weighted by Crippen LogP contribution is 2.18. The first-order valence-electron chi connectivity index (χ1n) is 6.00. The number of pyridine rings is 1. The Labute approximate surface area is 132 Å². The molecule has 2 aromatic rings. The van der Waals surface area contributed by atoms with E-state index in [2.05, 4.69) is 20.9 Å². The van der Waals surface area contributed by atoms with E-state index in [0.717, 1.165) is 10.0 Å². The maximum atomic E-state index is 12.4. The SMILES string of the molecule is CN(Cc1cccc(Br)c1)S(=O)(=O)c1ccc(C#N)nc1. The van der Waals surface area contributed by atoms with Crippen LogP contribution in [0.15, 0.2) is 52.0 Å². The quantitative estimate of drug-likeness (QED) is 0.834. The van der Waals surface area contributed by atoms with E-state index in [1.807, 2.05) is 30.3 Å². The van der Waals surface area contributed by atoms with Crippen LogP contribution in [0.3, 0.4) is 0 Å². The molecule has 2 rings (SSSR count). The molecular weight excluding hydrogens is 354 g/mol. The molecule has 0 spiro atoms. The van der Waals surface area contributed by atoms with Crippen LogP contribution in [0.1, 0.15) is 11.3 Å². The van der Waals surface area contributed by atoms with E-state index in [-0.39, 0.29) is 17.1 Å². The molecule has 0 aliphatic heterocycles. The number of hydrogen-bond donors (Lipinski definition) is 0. The topological polar surface area (TPSA) is 74.1 Å². The first kappa shape index (κ1) is 15.6. The van der Waals surface area contributed by atoms with Crippen LogP contribution in [0, 0.1) is 11.3 Å². The number of halogens is 1. The van der Waals surface area contributed by atoms with Gasteiger partial charge in [0.1, 0.15) is 16.7 Å². The van der Waals surface area contributed by atoms with Gasteiger partial charge >= 0.3 is 0 Å². The fraction of sp³-hybridized carbons (Fsp3) is 0.143. The molecule has 108 valence electrons. The van der Waals surface area contributed by atoms with E-state index in [0.29, 0.717) is 0 Å². The molecule has 1 heterocycles. The molecule has 7 heteroatoms. The molecule has 0 atom stereocenters. The lowest BCUT2D eigenvalue weighted by Crippen LogP contribution is -2.26. The van der Waals surface area contributed by atoms with Gasteiger partial charge in [0, 0.05) is 24.3 Å². The van der Waals surface area contributed by atoms with E-state index in [4.69, 9.17) is 5.26 Å². The van der Waals surface area contributed by atoms with Crippen molar-refractivity contribution in [2.45, 2.75) is 11.4 Å². The molecule has 1 aromatic heterocycles. The summed E-state index contributed by atoms with van der Waals surface area (Å²) in [7, 11) is -2.12. The number of hydrogen-bond acceptors (Lipinski definition) is 4. The smallest absolute Gasteiger partial charge is 0.244 e. The van der Waals surface area contributed by atoms with Crippen molar-refractivity contribution in [3.05, 3.63) is 58.3 Å². The number of benzene rings is 1. The highest BCUT2D eigenvalue weighted by atomic mass is 79.9. The van der Waals surface area contributed by atoms with Crippen molar-refractivity contribution in [2.75, 3.05) is 7.05 Å². The predicted molar refractivity (Wildman–Crippen MR) is 81.7 cm³/mol. The maximum Gasteiger partial charge on any atom is 0.244 e. The van der Waals surface area contributed by atoms with Crippen LogP contribution in [0.25, 0.3) is 0 Å². The van der Waals surface area contributed by atoms with Gasteiger partial charge in [-0.05, 0) is 29.8 Å². The van der Waals surface area contributed by atoms with Gasteiger partial charge in [-0.2, -0.15) is 9.57 Å². The molecule has 0 saturated carbocycles. The second-order valence-electron chi connectivity index (χ2n) is 4.38. The van der Waals surface area contributed by atoms with E-state index >= 15 is 0 Å². The first-order chi connectivity index (χ1) is 9.93. The normalized spacial score (nSPS) is 11.3. The lowest BCUT2D eigenvalue weighted by molar-refractivity contribution is 0.466. The maximum absolute atomic E-state index is 12.4. The van der Waals surface area contributed by atoms with Crippen LogP contribution < -0.4 is 0 Å². The zero-order chi connectivity index (χ0) is 15.5. The Morgan fingerprint density at radius 3 is 2.67 bits per heavy atom. The minimum atomic E-state index is -3.63. The molecule has 0 unspecified atom stereocenters. The Hall–Kier alpha value is -1.75. The Kier molecular flexibility index (Phi) is 4.73. The third kappa shape index (κ3) is 3.67. The Balaban J connectivity index is 2.24. The van der Waals surface area contributed by atoms with Crippen LogP contribution >= 0.6 is 15.9 Å². The molecule has 0 radical (unpaired) electrons. The van der Waals surface area contributed by atoms with E-state index in [1.165, 1.54) is 29.7 Å². The first-order valence-corrected chi connectivity index (χ1v) is 8.24. The molecule has 0 N–H and O–H groups in total. The van der Waals surface area contributed by atoms with E-state index in [1.54, 1.807) is 0 Å². The van der Waals surface area contributed by atoms with Gasteiger partial charge in [-0.1, -0.05) is 28.1 Å². The van der Waals surface area contributed by atoms with Crippen LogP contribution in [0.5, 0.6) is 0 Å². The highest BCUT2D eigenvalue weighted by molar-refractivity contribution is 9.10. The van der Waals surface area contributed by atoms with Gasteiger partial charge < -0.3 is 0 Å². The van der Waals surface area contributed by atoms with Gasteiger partial charge in [0.2, 0.25) is 10.0 Å². The summed E-state index contributed by atoms with van der Waals surface area (Å²) in [4.78, 5) is 3.86. The summed E-state index contributed by atoms with van der Waals surface area (Å²) < 4.78 is 27.0. The summed E-state index contributed by atoms with van der Waals surface area (Å²) in [6.07, 6.45) is 1.20. The summed E-state index contributed by atoms with van der Waals surface area (Å²) in [6.45, 7) is 0.252. The molecule has 0 bridgehead atoms. The van der Waals surface area contributed by atoms with E-state index < -0.39 is 10.0 Å². The fourth-order valence-corrected chi connectivity index (χ4v) is 3.31. The van der Waals surface area contributed by atoms with Gasteiger partial charge in [0.25, 0.3) is 0 Å². The summed E-state index contributed by atoms with van der Waals surface area (Å²) in [6, 6.07) is 12.1. The zero-order valence-corrected chi connectivity index (χ0v) is 13.6. The zero-order valence-electron chi connectivity index (χ0n) is 11.2. The van der Waals surface area contributed by atoms with Crippen molar-refractivity contribution in [1.82, 2.24) is 9.29 Å². The predicted octanol–water partition coefficient (Wildman–Crippen LogP) is 2.54. The van der Waals surface area contributed by atoms with Crippen LogP contribution in [0.4, 0.5) is 0 Å². The van der Waals surface area contributed by atoms with Gasteiger partial charge in [-0.3, -0.25) is 0 Å². The Morgan fingerprint density at radius 2 is 2.10 bits per heavy atom. The summed E-state index contributed by atoms with van der Waals surface area (Å²) >= 11 is 3.35. The summed E-state index contributed by atoms with van der Waals surface area (Å²) in [5, 5.41) is 8.68. The Bertz CT molecular complexity index is 783. The monoisotopic (exact) mass is 365 g/mol. The van der Waals surface area contributed by atoms with Gasteiger partial charge in [0.15, 0.2) is 0 Å². The molecule has 0 saturated heterocycles. The third-order valence-corrected chi connectivity index (χ3v) is 5.13. The highest BCUT2D eigenvalue weighted by Gasteiger charge is 2.21. The van der Waals surface area contributed by atoms with Crippen LogP contribution in [-0.4, -0.2) is 24.8 Å².